The highest BCUT2D eigenvalue weighted by atomic mass is 16.5. The number of nitrogens with one attached hydrogen (secondary N) is 1. The molecule has 2 aromatic rings. The number of aliphatic hydroxyl groups is 1. The zero-order chi connectivity index (χ0) is 15.2. The molecule has 1 heterocycles. The van der Waals surface area contributed by atoms with Crippen molar-refractivity contribution in [2.45, 2.75) is 20.3 Å². The number of hydrogen-bond donors (Lipinski definition) is 2. The van der Waals surface area contributed by atoms with Crippen LogP contribution >= 0.6 is 0 Å². The van der Waals surface area contributed by atoms with Crippen molar-refractivity contribution in [2.75, 3.05) is 11.9 Å². The van der Waals surface area contributed by atoms with Crippen molar-refractivity contribution in [1.29, 1.82) is 0 Å². The van der Waals surface area contributed by atoms with Gasteiger partial charge >= 0.3 is 0 Å². The number of amides is 1. The Hall–Kier alpha value is -2.58. The van der Waals surface area contributed by atoms with Gasteiger partial charge in [0, 0.05) is 23.7 Å². The number of aromatic nitrogens is 1. The number of rotatable bonds is 3. The Morgan fingerprint density at radius 2 is 2.14 bits per heavy atom. The van der Waals surface area contributed by atoms with Crippen LogP contribution in [0.4, 0.5) is 5.69 Å². The molecule has 21 heavy (non-hydrogen) atoms. The molecule has 0 aliphatic rings. The van der Waals surface area contributed by atoms with Crippen LogP contribution in [0.2, 0.25) is 0 Å². The molecule has 1 amide bonds. The second kappa shape index (κ2) is 6.73. The fourth-order valence-electron chi connectivity index (χ4n) is 1.82. The Morgan fingerprint density at radius 3 is 2.81 bits per heavy atom. The summed E-state index contributed by atoms with van der Waals surface area (Å²) in [5.41, 5.74) is 2.66. The number of hydrogen-bond acceptors (Lipinski definition) is 4. The smallest absolute Gasteiger partial charge is 0.277 e. The molecule has 1 aromatic carbocycles. The largest absolute Gasteiger partial charge is 0.395 e. The number of nitrogens with zero attached hydrogens (tertiary/aromatic N) is 1. The van der Waals surface area contributed by atoms with Crippen LogP contribution in [0.3, 0.4) is 0 Å². The Labute approximate surface area is 123 Å². The molecule has 2 rings (SSSR count). The molecular weight excluding hydrogens is 268 g/mol. The van der Waals surface area contributed by atoms with E-state index in [4.69, 9.17) is 9.63 Å². The minimum Gasteiger partial charge on any atom is -0.395 e. The van der Waals surface area contributed by atoms with Crippen LogP contribution < -0.4 is 5.32 Å². The molecule has 2 N–H and O–H groups in total. The second-order valence-corrected chi connectivity index (χ2v) is 4.64. The Morgan fingerprint density at radius 1 is 1.33 bits per heavy atom. The lowest BCUT2D eigenvalue weighted by molar-refractivity contribution is 0.101. The van der Waals surface area contributed by atoms with Crippen LogP contribution in [0.1, 0.15) is 33.8 Å². The molecule has 0 radical (unpaired) electrons. The summed E-state index contributed by atoms with van der Waals surface area (Å²) in [5, 5.41) is 15.2. The van der Waals surface area contributed by atoms with Gasteiger partial charge in [0.15, 0.2) is 5.69 Å². The number of aliphatic hydroxyl groups excluding tert-OH is 1. The van der Waals surface area contributed by atoms with Crippen molar-refractivity contribution in [2.24, 2.45) is 0 Å². The minimum absolute atomic E-state index is 0.0356. The van der Waals surface area contributed by atoms with Gasteiger partial charge in [-0.05, 0) is 37.6 Å². The SMILES string of the molecule is Cc1cc(C#CCCO)cc(NC(=O)c2cc(C)on2)c1. The average molecular weight is 284 g/mol. The van der Waals surface area contributed by atoms with Crippen molar-refractivity contribution in [3.63, 3.8) is 0 Å². The van der Waals surface area contributed by atoms with Gasteiger partial charge < -0.3 is 14.9 Å². The summed E-state index contributed by atoms with van der Waals surface area (Å²) in [6.07, 6.45) is 0.424. The summed E-state index contributed by atoms with van der Waals surface area (Å²) in [6.45, 7) is 3.69. The summed E-state index contributed by atoms with van der Waals surface area (Å²) >= 11 is 0. The lowest BCUT2D eigenvalue weighted by atomic mass is 10.1. The van der Waals surface area contributed by atoms with E-state index in [0.717, 1.165) is 11.1 Å². The lowest BCUT2D eigenvalue weighted by Gasteiger charge is -2.05. The molecule has 108 valence electrons. The first-order valence-corrected chi connectivity index (χ1v) is 6.54. The highest BCUT2D eigenvalue weighted by Crippen LogP contribution is 2.15. The van der Waals surface area contributed by atoms with E-state index in [1.165, 1.54) is 0 Å². The van der Waals surface area contributed by atoms with E-state index in [2.05, 4.69) is 22.3 Å². The first-order valence-electron chi connectivity index (χ1n) is 6.54. The predicted octanol–water partition coefficient (Wildman–Crippen LogP) is 2.28. The summed E-state index contributed by atoms with van der Waals surface area (Å²) in [6, 6.07) is 7.12. The first kappa shape index (κ1) is 14.8. The van der Waals surface area contributed by atoms with E-state index in [9.17, 15) is 4.79 Å². The molecule has 1 aromatic heterocycles. The van der Waals surface area contributed by atoms with Crippen molar-refractivity contribution in [3.05, 3.63) is 46.8 Å². The average Bonchev–Trinajstić information content (AvgIpc) is 2.85. The van der Waals surface area contributed by atoms with Crippen LogP contribution in [0.25, 0.3) is 0 Å². The molecule has 0 spiro atoms. The molecule has 5 heteroatoms. The van der Waals surface area contributed by atoms with Gasteiger partial charge in [0.25, 0.3) is 5.91 Å². The van der Waals surface area contributed by atoms with E-state index >= 15 is 0 Å². The summed E-state index contributed by atoms with van der Waals surface area (Å²) in [5.74, 6) is 6.06. The molecule has 0 aliphatic carbocycles. The third kappa shape index (κ3) is 4.20. The van der Waals surface area contributed by atoms with Crippen molar-refractivity contribution >= 4 is 11.6 Å². The number of aryl methyl sites for hydroxylation is 2. The molecule has 0 atom stereocenters. The highest BCUT2D eigenvalue weighted by Gasteiger charge is 2.11. The van der Waals surface area contributed by atoms with Gasteiger partial charge in [-0.15, -0.1) is 0 Å². The molecular formula is C16H16N2O3. The fourth-order valence-corrected chi connectivity index (χ4v) is 1.82. The first-order chi connectivity index (χ1) is 10.1. The third-order valence-electron chi connectivity index (χ3n) is 2.67. The normalized spacial score (nSPS) is 9.86. The standard InChI is InChI=1S/C16H16N2O3/c1-11-7-13(5-3-4-6-19)10-14(8-11)17-16(20)15-9-12(2)21-18-15/h7-10,19H,4,6H2,1-2H3,(H,17,20). The number of carbonyl (C=O) groups is 1. The van der Waals surface area contributed by atoms with E-state index in [0.29, 0.717) is 17.9 Å². The van der Waals surface area contributed by atoms with Crippen molar-refractivity contribution < 1.29 is 14.4 Å². The Bertz CT molecular complexity index is 708. The highest BCUT2D eigenvalue weighted by molar-refractivity contribution is 6.02. The van der Waals surface area contributed by atoms with Gasteiger partial charge in [-0.3, -0.25) is 4.79 Å². The van der Waals surface area contributed by atoms with Crippen LogP contribution in [0.15, 0.2) is 28.8 Å². The number of carbonyl (C=O) groups excluding carboxylic acids is 1. The van der Waals surface area contributed by atoms with Crippen molar-refractivity contribution in [1.82, 2.24) is 5.16 Å². The van der Waals surface area contributed by atoms with Gasteiger partial charge in [0.2, 0.25) is 0 Å². The number of anilines is 1. The zero-order valence-corrected chi connectivity index (χ0v) is 11.9. The molecule has 0 fully saturated rings. The Kier molecular flexibility index (Phi) is 4.75. The summed E-state index contributed by atoms with van der Waals surface area (Å²) < 4.78 is 4.88. The van der Waals surface area contributed by atoms with E-state index in [1.54, 1.807) is 19.1 Å². The quantitative estimate of drug-likeness (QED) is 0.848. The van der Waals surface area contributed by atoms with E-state index in [1.807, 2.05) is 19.1 Å². The predicted molar refractivity (Wildman–Crippen MR) is 79.0 cm³/mol. The molecule has 0 aliphatic heterocycles. The van der Waals surface area contributed by atoms with E-state index < -0.39 is 0 Å². The maximum absolute atomic E-state index is 12.0. The van der Waals surface area contributed by atoms with Gasteiger partial charge in [-0.1, -0.05) is 17.0 Å². The monoisotopic (exact) mass is 284 g/mol. The van der Waals surface area contributed by atoms with Crippen LogP contribution in [-0.4, -0.2) is 22.8 Å². The minimum atomic E-state index is -0.327. The van der Waals surface area contributed by atoms with Crippen LogP contribution in [-0.2, 0) is 0 Å². The molecule has 0 saturated carbocycles. The van der Waals surface area contributed by atoms with Gasteiger partial charge in [-0.25, -0.2) is 0 Å². The van der Waals surface area contributed by atoms with Gasteiger partial charge in [0.05, 0.1) is 6.61 Å². The van der Waals surface area contributed by atoms with E-state index in [-0.39, 0.29) is 18.2 Å². The summed E-state index contributed by atoms with van der Waals surface area (Å²) in [4.78, 5) is 12.0. The summed E-state index contributed by atoms with van der Waals surface area (Å²) in [7, 11) is 0. The number of benzene rings is 1. The Balaban J connectivity index is 2.17. The topological polar surface area (TPSA) is 75.4 Å². The van der Waals surface area contributed by atoms with Gasteiger partial charge in [0.1, 0.15) is 5.76 Å². The second-order valence-electron chi connectivity index (χ2n) is 4.64. The molecule has 0 saturated heterocycles. The third-order valence-corrected chi connectivity index (χ3v) is 2.67. The van der Waals surface area contributed by atoms with Gasteiger partial charge in [-0.2, -0.15) is 0 Å². The zero-order valence-electron chi connectivity index (χ0n) is 11.9. The maximum atomic E-state index is 12.0. The lowest BCUT2D eigenvalue weighted by Crippen LogP contribution is -2.12. The maximum Gasteiger partial charge on any atom is 0.277 e. The molecule has 0 bridgehead atoms. The molecule has 5 nitrogen and oxygen atoms in total. The fraction of sp³-hybridized carbons (Fsp3) is 0.250. The van der Waals surface area contributed by atoms with Crippen LogP contribution in [0.5, 0.6) is 0 Å². The van der Waals surface area contributed by atoms with Crippen molar-refractivity contribution in [3.8, 4) is 11.8 Å². The van der Waals surface area contributed by atoms with Crippen LogP contribution in [0, 0.1) is 25.7 Å². The molecule has 0 unspecified atom stereocenters.